The van der Waals surface area contributed by atoms with Crippen LogP contribution in [0.4, 0.5) is 0 Å². The molecule has 0 radical (unpaired) electrons. The second-order valence-corrected chi connectivity index (χ2v) is 6.06. The van der Waals surface area contributed by atoms with Crippen LogP contribution in [0.3, 0.4) is 0 Å². The molecule has 0 N–H and O–H groups in total. The fourth-order valence-corrected chi connectivity index (χ4v) is 4.32. The van der Waals surface area contributed by atoms with Gasteiger partial charge in [0.25, 0.3) is 0 Å². The summed E-state index contributed by atoms with van der Waals surface area (Å²) in [5.41, 5.74) is 0.944. The molecule has 2 saturated carbocycles. The normalized spacial score (nSPS) is 39.0. The zero-order chi connectivity index (χ0) is 11.8. The van der Waals surface area contributed by atoms with E-state index < -0.39 is 0 Å². The average Bonchev–Trinajstić information content (AvgIpc) is 2.79. The fraction of sp³-hybridized carbons (Fsp3) is 0.929. The van der Waals surface area contributed by atoms with Crippen LogP contribution in [0, 0.1) is 23.0 Å². The first-order chi connectivity index (χ1) is 8.27. The van der Waals surface area contributed by atoms with E-state index in [0.29, 0.717) is 11.8 Å². The fourth-order valence-electron chi connectivity index (χ4n) is 4.32. The molecular formula is C14H23NO2. The van der Waals surface area contributed by atoms with Gasteiger partial charge in [-0.05, 0) is 37.5 Å². The van der Waals surface area contributed by atoms with E-state index >= 15 is 0 Å². The zero-order valence-corrected chi connectivity index (χ0v) is 10.7. The van der Waals surface area contributed by atoms with Crippen molar-refractivity contribution in [3.8, 4) is 0 Å². The molecule has 3 aliphatic rings. The summed E-state index contributed by atoms with van der Waals surface area (Å²) in [6, 6.07) is 0. The van der Waals surface area contributed by atoms with Crippen molar-refractivity contribution in [1.82, 2.24) is 0 Å². The van der Waals surface area contributed by atoms with Gasteiger partial charge in [0.15, 0.2) is 0 Å². The Bertz CT molecular complexity index is 320. The molecule has 0 spiro atoms. The zero-order valence-electron chi connectivity index (χ0n) is 10.7. The predicted octanol–water partition coefficient (Wildman–Crippen LogP) is 3.27. The van der Waals surface area contributed by atoms with Crippen LogP contribution in [0.1, 0.15) is 58.3 Å². The van der Waals surface area contributed by atoms with Crippen molar-refractivity contribution in [2.24, 2.45) is 17.8 Å². The molecule has 0 aromatic heterocycles. The van der Waals surface area contributed by atoms with Gasteiger partial charge in [-0.15, -0.1) is 0 Å². The maximum Gasteiger partial charge on any atom is 0.222 e. The molecule has 2 aliphatic carbocycles. The summed E-state index contributed by atoms with van der Waals surface area (Å²) in [6.07, 6.45) is 10.5. The lowest BCUT2D eigenvalue weighted by Crippen LogP contribution is -2.44. The first kappa shape index (κ1) is 11.4. The minimum Gasteiger partial charge on any atom is -0.400 e. The van der Waals surface area contributed by atoms with E-state index in [1.165, 1.54) is 44.9 Å². The topological polar surface area (TPSA) is 35.3 Å². The van der Waals surface area contributed by atoms with Gasteiger partial charge in [0.1, 0.15) is 0 Å². The Kier molecular flexibility index (Phi) is 3.01. The van der Waals surface area contributed by atoms with Gasteiger partial charge >= 0.3 is 0 Å². The average molecular weight is 237 g/mol. The van der Waals surface area contributed by atoms with Gasteiger partial charge < -0.3 is 4.84 Å². The van der Waals surface area contributed by atoms with Gasteiger partial charge in [-0.3, -0.25) is 5.21 Å². The molecule has 17 heavy (non-hydrogen) atoms. The maximum absolute atomic E-state index is 11.8. The van der Waals surface area contributed by atoms with Crippen molar-refractivity contribution in [2.45, 2.75) is 64.4 Å². The van der Waals surface area contributed by atoms with E-state index in [9.17, 15) is 5.21 Å². The van der Waals surface area contributed by atoms with Crippen LogP contribution < -0.4 is 0 Å². The molecule has 0 saturated heterocycles. The summed E-state index contributed by atoms with van der Waals surface area (Å²) < 4.78 is 0. The van der Waals surface area contributed by atoms with Crippen LogP contribution in [-0.4, -0.2) is 16.7 Å². The van der Waals surface area contributed by atoms with Gasteiger partial charge in [-0.1, -0.05) is 25.7 Å². The lowest BCUT2D eigenvalue weighted by molar-refractivity contribution is -0.762. The Hall–Kier alpha value is -0.730. The van der Waals surface area contributed by atoms with Crippen LogP contribution in [0.15, 0.2) is 0 Å². The van der Waals surface area contributed by atoms with Gasteiger partial charge in [0.05, 0.1) is 12.0 Å². The Labute approximate surface area is 103 Å². The van der Waals surface area contributed by atoms with Gasteiger partial charge in [-0.2, -0.15) is 0 Å². The third kappa shape index (κ3) is 1.94. The molecule has 2 fully saturated rings. The molecule has 3 nitrogen and oxygen atoms in total. The standard InChI is InChI=1S/C14H23NO2/c1-10-14(11-6-3-2-4-7-11)12-8-5-9-13(12)17-15(10)16/h11-14H,2-9H2,1H3/t12-,13+,14+/m1/s1. The third-order valence-electron chi connectivity index (χ3n) is 5.12. The molecule has 3 heteroatoms. The van der Waals surface area contributed by atoms with E-state index in [-0.39, 0.29) is 6.10 Å². The minimum atomic E-state index is 0.211. The summed E-state index contributed by atoms with van der Waals surface area (Å²) in [7, 11) is 0. The first-order valence-electron chi connectivity index (χ1n) is 7.25. The number of nitrogens with zero attached hydrogens (tertiary/aromatic N) is 1. The lowest BCUT2D eigenvalue weighted by Gasteiger charge is -2.39. The number of rotatable bonds is 1. The van der Waals surface area contributed by atoms with Crippen LogP contribution in [0.2, 0.25) is 0 Å². The van der Waals surface area contributed by atoms with Crippen molar-refractivity contribution in [3.05, 3.63) is 5.21 Å². The highest BCUT2D eigenvalue weighted by Gasteiger charge is 2.46. The number of fused-ring (bicyclic) bond motifs is 1. The van der Waals surface area contributed by atoms with Gasteiger partial charge in [0.2, 0.25) is 5.71 Å². The summed E-state index contributed by atoms with van der Waals surface area (Å²) in [5, 5.41) is 11.8. The maximum atomic E-state index is 11.8. The van der Waals surface area contributed by atoms with Crippen molar-refractivity contribution in [3.63, 3.8) is 0 Å². The largest absolute Gasteiger partial charge is 0.400 e. The number of hydrogen-bond donors (Lipinski definition) is 0. The van der Waals surface area contributed by atoms with Gasteiger partial charge in [0, 0.05) is 11.8 Å². The SMILES string of the molecule is CC1=[N+]([O-])O[C@H]2CCC[C@H]2[C@@H]1C1CCCCC1. The summed E-state index contributed by atoms with van der Waals surface area (Å²) in [5.74, 6) is 1.88. The van der Waals surface area contributed by atoms with Crippen LogP contribution in [-0.2, 0) is 4.84 Å². The van der Waals surface area contributed by atoms with Crippen LogP contribution in [0.25, 0.3) is 0 Å². The summed E-state index contributed by atoms with van der Waals surface area (Å²) >= 11 is 0. The highest BCUT2D eigenvalue weighted by atomic mass is 16.9. The molecule has 0 bridgehead atoms. The van der Waals surface area contributed by atoms with Crippen molar-refractivity contribution < 1.29 is 9.74 Å². The van der Waals surface area contributed by atoms with Crippen LogP contribution in [0.5, 0.6) is 0 Å². The molecule has 0 amide bonds. The Balaban J connectivity index is 1.85. The highest BCUT2D eigenvalue weighted by Crippen LogP contribution is 2.44. The van der Waals surface area contributed by atoms with E-state index in [1.807, 2.05) is 6.92 Å². The second kappa shape index (κ2) is 4.51. The predicted molar refractivity (Wildman–Crippen MR) is 66.6 cm³/mol. The molecule has 0 aromatic rings. The molecule has 3 rings (SSSR count). The molecule has 1 heterocycles. The van der Waals surface area contributed by atoms with Crippen molar-refractivity contribution in [2.75, 3.05) is 0 Å². The quantitative estimate of drug-likeness (QED) is 0.656. The third-order valence-corrected chi connectivity index (χ3v) is 5.12. The molecule has 3 atom stereocenters. The Morgan fingerprint density at radius 3 is 2.59 bits per heavy atom. The molecular weight excluding hydrogens is 214 g/mol. The monoisotopic (exact) mass is 237 g/mol. The van der Waals surface area contributed by atoms with Crippen molar-refractivity contribution in [1.29, 1.82) is 0 Å². The molecule has 0 aromatic carbocycles. The number of hydrogen-bond acceptors (Lipinski definition) is 2. The smallest absolute Gasteiger partial charge is 0.222 e. The van der Waals surface area contributed by atoms with E-state index in [2.05, 4.69) is 0 Å². The molecule has 1 aliphatic heterocycles. The van der Waals surface area contributed by atoms with E-state index in [0.717, 1.165) is 23.0 Å². The highest BCUT2D eigenvalue weighted by molar-refractivity contribution is 5.80. The summed E-state index contributed by atoms with van der Waals surface area (Å²) in [6.45, 7) is 1.99. The second-order valence-electron chi connectivity index (χ2n) is 6.06. The van der Waals surface area contributed by atoms with Gasteiger partial charge in [-0.25, -0.2) is 0 Å². The van der Waals surface area contributed by atoms with Crippen LogP contribution >= 0.6 is 0 Å². The lowest BCUT2D eigenvalue weighted by atomic mass is 9.70. The molecule has 96 valence electrons. The summed E-state index contributed by atoms with van der Waals surface area (Å²) in [4.78, 5) is 6.32. The first-order valence-corrected chi connectivity index (χ1v) is 7.25. The molecule has 0 unspecified atom stereocenters. The van der Waals surface area contributed by atoms with E-state index in [4.69, 9.17) is 4.84 Å². The minimum absolute atomic E-state index is 0.211. The van der Waals surface area contributed by atoms with Crippen molar-refractivity contribution >= 4 is 5.71 Å². The Morgan fingerprint density at radius 1 is 1.06 bits per heavy atom. The van der Waals surface area contributed by atoms with E-state index in [1.54, 1.807) is 0 Å². The Morgan fingerprint density at radius 2 is 1.82 bits per heavy atom.